The van der Waals surface area contributed by atoms with Gasteiger partial charge >= 0.3 is 5.97 Å². The van der Waals surface area contributed by atoms with Gasteiger partial charge < -0.3 is 10.1 Å². The smallest absolute Gasteiger partial charge is 0.332 e. The van der Waals surface area contributed by atoms with Crippen LogP contribution in [0.3, 0.4) is 0 Å². The number of aryl methyl sites for hydroxylation is 1. The van der Waals surface area contributed by atoms with Gasteiger partial charge in [-0.3, -0.25) is 4.79 Å². The molecule has 0 heterocycles. The van der Waals surface area contributed by atoms with Crippen molar-refractivity contribution in [1.82, 2.24) is 5.32 Å². The van der Waals surface area contributed by atoms with Gasteiger partial charge in [-0.2, -0.15) is 0 Å². The van der Waals surface area contributed by atoms with Crippen LogP contribution in [0.25, 0.3) is 5.57 Å². The maximum absolute atomic E-state index is 13.5. The molecule has 0 unspecified atom stereocenters. The standard InChI is InChI=1S/C26H31NO3/c1-5-11-19(6-2)23-18(4)12-10-15-22(23)24(28)27-26(25(29)30-7-3)16-20-13-8-9-14-21(20)17-26/h8-15H,5-7,16-17H2,1-4H3,(H,27,28)/b19-11+. The lowest BCUT2D eigenvalue weighted by molar-refractivity contribution is -0.150. The molecule has 0 spiro atoms. The topological polar surface area (TPSA) is 55.4 Å². The first-order chi connectivity index (χ1) is 14.5. The van der Waals surface area contributed by atoms with Crippen molar-refractivity contribution in [3.8, 4) is 0 Å². The Morgan fingerprint density at radius 1 is 1.03 bits per heavy atom. The summed E-state index contributed by atoms with van der Waals surface area (Å²) in [4.78, 5) is 26.5. The second kappa shape index (κ2) is 9.29. The Balaban J connectivity index is 2.00. The van der Waals surface area contributed by atoms with E-state index in [9.17, 15) is 9.59 Å². The van der Waals surface area contributed by atoms with Crippen molar-refractivity contribution in [1.29, 1.82) is 0 Å². The van der Waals surface area contributed by atoms with Crippen molar-refractivity contribution in [3.05, 3.63) is 76.4 Å². The highest BCUT2D eigenvalue weighted by atomic mass is 16.5. The number of amides is 1. The molecule has 0 radical (unpaired) electrons. The van der Waals surface area contributed by atoms with E-state index in [1.807, 2.05) is 49.4 Å². The molecule has 1 amide bonds. The molecule has 3 rings (SSSR count). The summed E-state index contributed by atoms with van der Waals surface area (Å²) < 4.78 is 5.39. The second-order valence-electron chi connectivity index (χ2n) is 7.87. The highest BCUT2D eigenvalue weighted by Crippen LogP contribution is 2.33. The second-order valence-corrected chi connectivity index (χ2v) is 7.87. The molecule has 4 nitrogen and oxygen atoms in total. The van der Waals surface area contributed by atoms with Crippen molar-refractivity contribution in [2.45, 2.75) is 58.9 Å². The van der Waals surface area contributed by atoms with E-state index >= 15 is 0 Å². The minimum absolute atomic E-state index is 0.231. The zero-order chi connectivity index (χ0) is 21.7. The number of nitrogens with one attached hydrogen (secondary N) is 1. The molecule has 0 atom stereocenters. The normalized spacial score (nSPS) is 14.9. The molecular formula is C26H31NO3. The maximum Gasteiger partial charge on any atom is 0.332 e. The molecular weight excluding hydrogens is 374 g/mol. The van der Waals surface area contributed by atoms with Crippen molar-refractivity contribution >= 4 is 17.4 Å². The van der Waals surface area contributed by atoms with Crippen molar-refractivity contribution in [2.75, 3.05) is 6.61 Å². The highest BCUT2D eigenvalue weighted by Gasteiger charge is 2.46. The van der Waals surface area contributed by atoms with Crippen LogP contribution in [0.4, 0.5) is 0 Å². The summed E-state index contributed by atoms with van der Waals surface area (Å²) in [6.07, 6.45) is 4.81. The van der Waals surface area contributed by atoms with E-state index in [0.717, 1.165) is 40.7 Å². The van der Waals surface area contributed by atoms with Gasteiger partial charge in [-0.25, -0.2) is 4.79 Å². The molecule has 2 aromatic rings. The Morgan fingerprint density at radius 2 is 1.70 bits per heavy atom. The van der Waals surface area contributed by atoms with E-state index in [1.54, 1.807) is 6.92 Å². The van der Waals surface area contributed by atoms with Crippen LogP contribution in [0, 0.1) is 6.92 Å². The molecule has 0 saturated heterocycles. The Kier molecular flexibility index (Phi) is 6.76. The fourth-order valence-electron chi connectivity index (χ4n) is 4.41. The van der Waals surface area contributed by atoms with Gasteiger partial charge in [0.25, 0.3) is 5.91 Å². The fourth-order valence-corrected chi connectivity index (χ4v) is 4.41. The fraction of sp³-hybridized carbons (Fsp3) is 0.385. The van der Waals surface area contributed by atoms with Gasteiger partial charge in [0.1, 0.15) is 5.54 Å². The van der Waals surface area contributed by atoms with Crippen molar-refractivity contribution in [2.24, 2.45) is 0 Å². The quantitative estimate of drug-likeness (QED) is 0.658. The van der Waals surface area contributed by atoms with Gasteiger partial charge in [0.15, 0.2) is 0 Å². The Bertz CT molecular complexity index is 949. The van der Waals surface area contributed by atoms with Gasteiger partial charge in [-0.05, 0) is 60.6 Å². The van der Waals surface area contributed by atoms with Crippen LogP contribution in [0.15, 0.2) is 48.5 Å². The minimum Gasteiger partial charge on any atom is -0.464 e. The van der Waals surface area contributed by atoms with Crippen molar-refractivity contribution in [3.63, 3.8) is 0 Å². The first kappa shape index (κ1) is 21.8. The van der Waals surface area contributed by atoms with E-state index in [1.165, 1.54) is 0 Å². The lowest BCUT2D eigenvalue weighted by Crippen LogP contribution is -2.56. The molecule has 0 saturated carbocycles. The van der Waals surface area contributed by atoms with E-state index in [2.05, 4.69) is 25.2 Å². The summed E-state index contributed by atoms with van der Waals surface area (Å²) in [6, 6.07) is 13.7. The number of carbonyl (C=O) groups excluding carboxylic acids is 2. The number of carbonyl (C=O) groups is 2. The molecule has 0 bridgehead atoms. The van der Waals surface area contributed by atoms with Gasteiger partial charge in [0.2, 0.25) is 0 Å². The number of benzene rings is 2. The average Bonchev–Trinajstić information content (AvgIpc) is 3.11. The van der Waals surface area contributed by atoms with E-state index in [-0.39, 0.29) is 18.5 Å². The van der Waals surface area contributed by atoms with Crippen LogP contribution in [0.5, 0.6) is 0 Å². The van der Waals surface area contributed by atoms with Crippen LogP contribution < -0.4 is 5.32 Å². The molecule has 1 aliphatic rings. The SMILES string of the molecule is CC/C=C(\CC)c1c(C)cccc1C(=O)NC1(C(=O)OCC)Cc2ccccc2C1. The molecule has 1 N–H and O–H groups in total. The monoisotopic (exact) mass is 405 g/mol. The molecule has 4 heteroatoms. The lowest BCUT2D eigenvalue weighted by atomic mass is 9.90. The van der Waals surface area contributed by atoms with Crippen molar-refractivity contribution < 1.29 is 14.3 Å². The zero-order valence-corrected chi connectivity index (χ0v) is 18.4. The molecule has 0 aliphatic heterocycles. The molecule has 0 aromatic heterocycles. The summed E-state index contributed by atoms with van der Waals surface area (Å²) in [5, 5.41) is 3.09. The number of rotatable bonds is 7. The summed E-state index contributed by atoms with van der Waals surface area (Å²) in [7, 11) is 0. The third-order valence-electron chi connectivity index (χ3n) is 5.79. The minimum atomic E-state index is -1.07. The number of allylic oxidation sites excluding steroid dienone is 2. The largest absolute Gasteiger partial charge is 0.464 e. The number of hydrogen-bond donors (Lipinski definition) is 1. The van der Waals surface area contributed by atoms with Crippen LogP contribution in [0.1, 0.15) is 66.2 Å². The molecule has 158 valence electrons. The summed E-state index contributed by atoms with van der Waals surface area (Å²) in [5.74, 6) is -0.603. The predicted octanol–water partition coefficient (Wildman–Crippen LogP) is 5.03. The lowest BCUT2D eigenvalue weighted by Gasteiger charge is -2.28. The van der Waals surface area contributed by atoms with E-state index in [0.29, 0.717) is 18.4 Å². The predicted molar refractivity (Wildman–Crippen MR) is 120 cm³/mol. The number of esters is 1. The zero-order valence-electron chi connectivity index (χ0n) is 18.4. The van der Waals surface area contributed by atoms with E-state index < -0.39 is 5.54 Å². The van der Waals surface area contributed by atoms with E-state index in [4.69, 9.17) is 4.74 Å². The van der Waals surface area contributed by atoms with Crippen LogP contribution in [-0.4, -0.2) is 24.0 Å². The Hall–Kier alpha value is -2.88. The first-order valence-corrected chi connectivity index (χ1v) is 10.8. The van der Waals surface area contributed by atoms with Crippen LogP contribution in [-0.2, 0) is 22.4 Å². The third kappa shape index (κ3) is 4.18. The first-order valence-electron chi connectivity index (χ1n) is 10.8. The van der Waals surface area contributed by atoms with Crippen LogP contribution >= 0.6 is 0 Å². The molecule has 30 heavy (non-hydrogen) atoms. The highest BCUT2D eigenvalue weighted by molar-refractivity contribution is 6.02. The number of ether oxygens (including phenoxy) is 1. The maximum atomic E-state index is 13.5. The average molecular weight is 406 g/mol. The molecule has 1 aliphatic carbocycles. The molecule has 2 aromatic carbocycles. The number of hydrogen-bond acceptors (Lipinski definition) is 3. The van der Waals surface area contributed by atoms with Gasteiger partial charge in [-0.1, -0.05) is 56.3 Å². The summed E-state index contributed by atoms with van der Waals surface area (Å²) in [6.45, 7) is 8.29. The van der Waals surface area contributed by atoms with Gasteiger partial charge in [0, 0.05) is 18.4 Å². The number of fused-ring (bicyclic) bond motifs is 1. The molecule has 0 fully saturated rings. The van der Waals surface area contributed by atoms with Gasteiger partial charge in [0.05, 0.1) is 6.61 Å². The Labute approximate surface area is 179 Å². The van der Waals surface area contributed by atoms with Gasteiger partial charge in [-0.15, -0.1) is 0 Å². The third-order valence-corrected chi connectivity index (χ3v) is 5.79. The summed E-state index contributed by atoms with van der Waals surface area (Å²) in [5.41, 5.74) is 4.87. The summed E-state index contributed by atoms with van der Waals surface area (Å²) >= 11 is 0. The Morgan fingerprint density at radius 3 is 2.27 bits per heavy atom. The van der Waals surface area contributed by atoms with Crippen LogP contribution in [0.2, 0.25) is 0 Å².